The SMILES string of the molecule is CCCC[N+](CCCC)(CCCC)CCCC.CCOC(=O)C(C)O.[OH-]. The van der Waals surface area contributed by atoms with Gasteiger partial charge in [0.05, 0.1) is 32.8 Å². The number of aliphatic hydroxyl groups is 1. The number of esters is 1. The van der Waals surface area contributed by atoms with Gasteiger partial charge >= 0.3 is 5.97 Å². The van der Waals surface area contributed by atoms with Gasteiger partial charge in [-0.3, -0.25) is 0 Å². The van der Waals surface area contributed by atoms with Crippen molar-refractivity contribution in [2.75, 3.05) is 32.8 Å². The molecule has 5 heteroatoms. The van der Waals surface area contributed by atoms with E-state index in [2.05, 4.69) is 32.4 Å². The molecule has 0 aromatic heterocycles. The van der Waals surface area contributed by atoms with Crippen molar-refractivity contribution in [2.24, 2.45) is 0 Å². The highest BCUT2D eigenvalue weighted by Crippen LogP contribution is 2.16. The second-order valence-electron chi connectivity index (χ2n) is 7.08. The fourth-order valence-corrected chi connectivity index (χ4v) is 2.91. The Labute approximate surface area is 163 Å². The molecule has 1 unspecified atom stereocenters. The van der Waals surface area contributed by atoms with Gasteiger partial charge in [-0.15, -0.1) is 0 Å². The van der Waals surface area contributed by atoms with Crippen molar-refractivity contribution in [1.29, 1.82) is 0 Å². The highest BCUT2D eigenvalue weighted by atomic mass is 16.5. The Balaban J connectivity index is -0.000000498. The lowest BCUT2D eigenvalue weighted by atomic mass is 10.1. The van der Waals surface area contributed by atoms with Crippen LogP contribution in [0.3, 0.4) is 0 Å². The van der Waals surface area contributed by atoms with Crippen LogP contribution in [0.5, 0.6) is 0 Å². The largest absolute Gasteiger partial charge is 0.870 e. The van der Waals surface area contributed by atoms with Crippen LogP contribution in [0.25, 0.3) is 0 Å². The Bertz CT molecular complexity index is 258. The van der Waals surface area contributed by atoms with Gasteiger partial charge in [-0.05, 0) is 39.5 Å². The second-order valence-corrected chi connectivity index (χ2v) is 7.08. The van der Waals surface area contributed by atoms with E-state index >= 15 is 0 Å². The molecule has 0 aliphatic rings. The first-order chi connectivity index (χ1) is 11.9. The lowest BCUT2D eigenvalue weighted by molar-refractivity contribution is -0.929. The molecule has 160 valence electrons. The van der Waals surface area contributed by atoms with Crippen LogP contribution in [0.4, 0.5) is 0 Å². The minimum absolute atomic E-state index is 0. The summed E-state index contributed by atoms with van der Waals surface area (Å²) in [4.78, 5) is 10.3. The molecule has 2 N–H and O–H groups in total. The van der Waals surface area contributed by atoms with Crippen molar-refractivity contribution in [2.45, 2.75) is 99.0 Å². The summed E-state index contributed by atoms with van der Waals surface area (Å²) in [5.74, 6) is -0.562. The first-order valence-electron chi connectivity index (χ1n) is 10.6. The monoisotopic (exact) mass is 377 g/mol. The number of carbonyl (C=O) groups is 1. The molecule has 0 bridgehead atoms. The van der Waals surface area contributed by atoms with Crippen LogP contribution >= 0.6 is 0 Å². The fraction of sp³-hybridized carbons (Fsp3) is 0.952. The van der Waals surface area contributed by atoms with Crippen LogP contribution in [0.15, 0.2) is 0 Å². The summed E-state index contributed by atoms with van der Waals surface area (Å²) in [6, 6.07) is 0. The average molecular weight is 378 g/mol. The Morgan fingerprint density at radius 2 is 1.12 bits per heavy atom. The van der Waals surface area contributed by atoms with E-state index in [1.54, 1.807) is 6.92 Å². The molecule has 0 aromatic carbocycles. The van der Waals surface area contributed by atoms with Gasteiger partial charge in [0.2, 0.25) is 0 Å². The molecule has 1 atom stereocenters. The van der Waals surface area contributed by atoms with Crippen molar-refractivity contribution >= 4 is 5.97 Å². The van der Waals surface area contributed by atoms with Crippen LogP contribution in [0, 0.1) is 0 Å². The maximum absolute atomic E-state index is 10.3. The lowest BCUT2D eigenvalue weighted by Crippen LogP contribution is -2.50. The summed E-state index contributed by atoms with van der Waals surface area (Å²) in [5.41, 5.74) is 0. The molecular formula is C21H47NO4. The van der Waals surface area contributed by atoms with E-state index < -0.39 is 12.1 Å². The van der Waals surface area contributed by atoms with Gasteiger partial charge in [-0.1, -0.05) is 53.4 Å². The highest BCUT2D eigenvalue weighted by Gasteiger charge is 2.24. The molecule has 0 rings (SSSR count). The molecule has 5 nitrogen and oxygen atoms in total. The fourth-order valence-electron chi connectivity index (χ4n) is 2.91. The average Bonchev–Trinajstić information content (AvgIpc) is 2.61. The molecule has 0 fully saturated rings. The van der Waals surface area contributed by atoms with Gasteiger partial charge in [0, 0.05) is 0 Å². The van der Waals surface area contributed by atoms with Gasteiger partial charge in [0.25, 0.3) is 0 Å². The van der Waals surface area contributed by atoms with Crippen molar-refractivity contribution in [3.63, 3.8) is 0 Å². The Kier molecular flexibility index (Phi) is 23.9. The van der Waals surface area contributed by atoms with Crippen molar-refractivity contribution < 1.29 is 24.6 Å². The number of rotatable bonds is 14. The van der Waals surface area contributed by atoms with Crippen molar-refractivity contribution in [1.82, 2.24) is 0 Å². The number of unbranched alkanes of at least 4 members (excludes halogenated alkanes) is 4. The molecule has 0 spiro atoms. The van der Waals surface area contributed by atoms with Gasteiger partial charge in [0.15, 0.2) is 0 Å². The predicted octanol–water partition coefficient (Wildman–Crippen LogP) is 4.76. The van der Waals surface area contributed by atoms with Gasteiger partial charge in [0.1, 0.15) is 6.10 Å². The minimum atomic E-state index is -0.991. The highest BCUT2D eigenvalue weighted by molar-refractivity contribution is 5.73. The number of carbonyl (C=O) groups excluding carboxylic acids is 1. The van der Waals surface area contributed by atoms with Crippen LogP contribution in [-0.4, -0.2) is 59.9 Å². The van der Waals surface area contributed by atoms with Crippen LogP contribution in [0.1, 0.15) is 92.9 Å². The van der Waals surface area contributed by atoms with Gasteiger partial charge in [-0.2, -0.15) is 0 Å². The molecule has 0 aromatic rings. The van der Waals surface area contributed by atoms with Gasteiger partial charge in [-0.25, -0.2) is 4.79 Å². The third-order valence-corrected chi connectivity index (χ3v) is 4.57. The zero-order chi connectivity index (χ0) is 19.6. The standard InChI is InChI=1S/C16H36N.C5H10O3.H2O/c1-5-9-13-17(14-10-6-2,15-11-7-3)16-12-8-4;1-3-8-5(7)4(2)6;/h5-16H2,1-4H3;4,6H,3H2,1-2H3;1H2/q+1;;/p-1. The normalized spacial score (nSPS) is 11.8. The second kappa shape index (κ2) is 20.7. The van der Waals surface area contributed by atoms with Crippen molar-refractivity contribution in [3.05, 3.63) is 0 Å². The number of aliphatic hydroxyl groups excluding tert-OH is 1. The van der Waals surface area contributed by atoms with Crippen LogP contribution < -0.4 is 0 Å². The quantitative estimate of drug-likeness (QED) is 0.350. The number of quaternary nitrogens is 1. The lowest BCUT2D eigenvalue weighted by Gasteiger charge is -2.39. The summed E-state index contributed by atoms with van der Waals surface area (Å²) in [7, 11) is 0. The van der Waals surface area contributed by atoms with Crippen LogP contribution in [0.2, 0.25) is 0 Å². The molecule has 0 aliphatic heterocycles. The van der Waals surface area contributed by atoms with Crippen molar-refractivity contribution in [3.8, 4) is 0 Å². The van der Waals surface area contributed by atoms with E-state index in [1.807, 2.05) is 0 Å². The molecule has 26 heavy (non-hydrogen) atoms. The number of ether oxygens (including phenoxy) is 1. The predicted molar refractivity (Wildman–Crippen MR) is 110 cm³/mol. The number of hydrogen-bond acceptors (Lipinski definition) is 4. The molecule has 0 saturated heterocycles. The maximum atomic E-state index is 10.3. The summed E-state index contributed by atoms with van der Waals surface area (Å²) < 4.78 is 5.83. The number of nitrogens with zero attached hydrogens (tertiary/aromatic N) is 1. The maximum Gasteiger partial charge on any atom is 0.334 e. The van der Waals surface area contributed by atoms with Gasteiger partial charge < -0.3 is 19.8 Å². The summed E-state index contributed by atoms with van der Waals surface area (Å²) >= 11 is 0. The Morgan fingerprint density at radius 3 is 1.27 bits per heavy atom. The molecule has 0 amide bonds. The van der Waals surface area contributed by atoms with E-state index in [9.17, 15) is 4.79 Å². The minimum Gasteiger partial charge on any atom is -0.870 e. The third-order valence-electron chi connectivity index (χ3n) is 4.57. The first-order valence-corrected chi connectivity index (χ1v) is 10.6. The summed E-state index contributed by atoms with van der Waals surface area (Å²) in [5, 5.41) is 8.48. The third kappa shape index (κ3) is 16.8. The van der Waals surface area contributed by atoms with E-state index in [1.165, 1.54) is 89.0 Å². The Hall–Kier alpha value is -0.650. The zero-order valence-electron chi connectivity index (χ0n) is 18.4. The number of hydrogen-bond donors (Lipinski definition) is 1. The first kappa shape index (κ1) is 30.1. The topological polar surface area (TPSA) is 76.5 Å². The molecule has 0 radical (unpaired) electrons. The smallest absolute Gasteiger partial charge is 0.334 e. The zero-order valence-corrected chi connectivity index (χ0v) is 18.4. The van der Waals surface area contributed by atoms with E-state index in [0.29, 0.717) is 6.61 Å². The molecule has 0 heterocycles. The Morgan fingerprint density at radius 1 is 0.808 bits per heavy atom. The van der Waals surface area contributed by atoms with E-state index in [4.69, 9.17) is 5.11 Å². The summed E-state index contributed by atoms with van der Waals surface area (Å²) in [6.45, 7) is 18.4. The molecular weight excluding hydrogens is 330 g/mol. The van der Waals surface area contributed by atoms with Crippen LogP contribution in [-0.2, 0) is 9.53 Å². The van der Waals surface area contributed by atoms with E-state index in [0.717, 1.165) is 0 Å². The summed E-state index contributed by atoms with van der Waals surface area (Å²) in [6.07, 6.45) is 10.1. The molecule has 0 aliphatic carbocycles. The molecule has 0 saturated carbocycles. The van der Waals surface area contributed by atoms with E-state index in [-0.39, 0.29) is 5.48 Å².